The number of hydrogen-bond acceptors (Lipinski definition) is 3. The number of carbonyl (C=O) groups is 2. The summed E-state index contributed by atoms with van der Waals surface area (Å²) in [5, 5.41) is 13.3. The van der Waals surface area contributed by atoms with Crippen LogP contribution in [0.25, 0.3) is 0 Å². The van der Waals surface area contributed by atoms with Gasteiger partial charge in [0, 0.05) is 30.2 Å². The lowest BCUT2D eigenvalue weighted by Gasteiger charge is -2.58. The van der Waals surface area contributed by atoms with Gasteiger partial charge in [-0.2, -0.15) is 0 Å². The summed E-state index contributed by atoms with van der Waals surface area (Å²) in [6.45, 7) is 5.45. The van der Waals surface area contributed by atoms with Gasteiger partial charge in [-0.3, -0.25) is 9.59 Å². The molecule has 1 aliphatic heterocycles. The van der Waals surface area contributed by atoms with Gasteiger partial charge in [-0.1, -0.05) is 20.3 Å². The van der Waals surface area contributed by atoms with Crippen molar-refractivity contribution in [3.63, 3.8) is 0 Å². The number of rotatable bonds is 1. The number of fused-ring (bicyclic) bond motifs is 5. The SMILES string of the molecule is C[C@@]12CCC[C@H]1[C@@H]1CNC3=CC(=O)CC(C(=O)O)[C@]3(C)[C@H]1CC2. The molecule has 1 unspecified atom stereocenters. The molecule has 23 heavy (non-hydrogen) atoms. The van der Waals surface area contributed by atoms with E-state index in [4.69, 9.17) is 0 Å². The first kappa shape index (κ1) is 15.2. The van der Waals surface area contributed by atoms with Gasteiger partial charge in [0.1, 0.15) is 0 Å². The third-order valence-corrected chi connectivity index (χ3v) is 7.83. The highest BCUT2D eigenvalue weighted by Gasteiger charge is 2.60. The van der Waals surface area contributed by atoms with Gasteiger partial charge in [-0.25, -0.2) is 0 Å². The first-order valence-electron chi connectivity index (χ1n) is 9.08. The molecule has 0 spiro atoms. The molecule has 3 aliphatic carbocycles. The van der Waals surface area contributed by atoms with E-state index in [0.717, 1.165) is 18.7 Å². The Labute approximate surface area is 137 Å². The lowest BCUT2D eigenvalue weighted by molar-refractivity contribution is -0.154. The maximum absolute atomic E-state index is 12.0. The molecule has 2 saturated carbocycles. The molecule has 1 heterocycles. The first-order valence-corrected chi connectivity index (χ1v) is 9.08. The van der Waals surface area contributed by atoms with Gasteiger partial charge in [-0.05, 0) is 48.9 Å². The molecule has 1 saturated heterocycles. The fourth-order valence-electron chi connectivity index (χ4n) is 6.56. The van der Waals surface area contributed by atoms with E-state index in [0.29, 0.717) is 23.2 Å². The highest BCUT2D eigenvalue weighted by Crippen LogP contribution is 2.63. The minimum Gasteiger partial charge on any atom is -0.481 e. The predicted molar refractivity (Wildman–Crippen MR) is 86.6 cm³/mol. The minimum absolute atomic E-state index is 0.0441. The Balaban J connectivity index is 1.76. The maximum atomic E-state index is 12.0. The number of piperidine rings is 1. The molecule has 4 rings (SSSR count). The largest absolute Gasteiger partial charge is 0.481 e. The summed E-state index contributed by atoms with van der Waals surface area (Å²) in [6.07, 6.45) is 8.07. The van der Waals surface area contributed by atoms with Crippen LogP contribution in [0.1, 0.15) is 52.4 Å². The van der Waals surface area contributed by atoms with Crippen molar-refractivity contribution in [2.24, 2.45) is 34.5 Å². The predicted octanol–water partition coefficient (Wildman–Crippen LogP) is 2.99. The molecule has 2 N–H and O–H groups in total. The van der Waals surface area contributed by atoms with Crippen molar-refractivity contribution in [3.05, 3.63) is 11.8 Å². The summed E-state index contributed by atoms with van der Waals surface area (Å²) in [4.78, 5) is 23.9. The van der Waals surface area contributed by atoms with E-state index < -0.39 is 17.3 Å². The lowest BCUT2D eigenvalue weighted by Crippen LogP contribution is -2.59. The van der Waals surface area contributed by atoms with E-state index in [-0.39, 0.29) is 12.2 Å². The summed E-state index contributed by atoms with van der Waals surface area (Å²) in [6, 6.07) is 0. The molecule has 4 nitrogen and oxygen atoms in total. The molecule has 0 radical (unpaired) electrons. The van der Waals surface area contributed by atoms with Crippen molar-refractivity contribution in [2.45, 2.75) is 52.4 Å². The van der Waals surface area contributed by atoms with Gasteiger partial charge < -0.3 is 10.4 Å². The van der Waals surface area contributed by atoms with Crippen molar-refractivity contribution in [3.8, 4) is 0 Å². The zero-order valence-electron chi connectivity index (χ0n) is 14.1. The van der Waals surface area contributed by atoms with Crippen molar-refractivity contribution in [1.29, 1.82) is 0 Å². The van der Waals surface area contributed by atoms with E-state index in [1.807, 2.05) is 0 Å². The third-order valence-electron chi connectivity index (χ3n) is 7.83. The Morgan fingerprint density at radius 1 is 1.26 bits per heavy atom. The molecule has 0 bridgehead atoms. The van der Waals surface area contributed by atoms with Crippen molar-refractivity contribution >= 4 is 11.8 Å². The highest BCUT2D eigenvalue weighted by atomic mass is 16.4. The van der Waals surface area contributed by atoms with Crippen LogP contribution >= 0.6 is 0 Å². The number of carboxylic acids is 1. The minimum atomic E-state index is -0.811. The van der Waals surface area contributed by atoms with Gasteiger partial charge in [0.05, 0.1) is 5.92 Å². The van der Waals surface area contributed by atoms with Gasteiger partial charge >= 0.3 is 5.97 Å². The zero-order chi connectivity index (χ0) is 16.4. The van der Waals surface area contributed by atoms with Crippen molar-refractivity contribution in [1.82, 2.24) is 5.32 Å². The van der Waals surface area contributed by atoms with Crippen LogP contribution < -0.4 is 5.32 Å². The fourth-order valence-corrected chi connectivity index (χ4v) is 6.56. The monoisotopic (exact) mass is 317 g/mol. The van der Waals surface area contributed by atoms with Crippen LogP contribution in [0.2, 0.25) is 0 Å². The molecule has 3 fully saturated rings. The molecule has 0 amide bonds. The van der Waals surface area contributed by atoms with E-state index in [9.17, 15) is 14.7 Å². The summed E-state index contributed by atoms with van der Waals surface area (Å²) >= 11 is 0. The zero-order valence-corrected chi connectivity index (χ0v) is 14.1. The molecule has 0 aromatic rings. The Kier molecular flexibility index (Phi) is 3.20. The van der Waals surface area contributed by atoms with Gasteiger partial charge in [0.15, 0.2) is 5.78 Å². The number of carboxylic acid groups (broad SMARTS) is 1. The number of nitrogens with one attached hydrogen (secondary N) is 1. The van der Waals surface area contributed by atoms with Gasteiger partial charge in [0.2, 0.25) is 0 Å². The van der Waals surface area contributed by atoms with Crippen LogP contribution in [0.3, 0.4) is 0 Å². The topological polar surface area (TPSA) is 66.4 Å². The molecular weight excluding hydrogens is 290 g/mol. The standard InChI is InChI=1S/C19H27NO3/c1-18-6-3-4-13(18)12-10-20-16-9-11(21)8-15(17(22)23)19(16,2)14(12)5-7-18/h9,12-15,20H,3-8,10H2,1-2H3,(H,22,23)/t12-,13-,14-,15?,18-,19-/m0/s1. The van der Waals surface area contributed by atoms with E-state index in [1.54, 1.807) is 6.08 Å². The quantitative estimate of drug-likeness (QED) is 0.780. The molecule has 4 heteroatoms. The average molecular weight is 317 g/mol. The number of allylic oxidation sites excluding steroid dienone is 2. The average Bonchev–Trinajstić information content (AvgIpc) is 2.88. The highest BCUT2D eigenvalue weighted by molar-refractivity contribution is 5.95. The van der Waals surface area contributed by atoms with Crippen LogP contribution in [0.15, 0.2) is 11.8 Å². The van der Waals surface area contributed by atoms with Crippen LogP contribution in [0, 0.1) is 34.5 Å². The molecule has 6 atom stereocenters. The van der Waals surface area contributed by atoms with E-state index in [2.05, 4.69) is 19.2 Å². The normalized spacial score (nSPS) is 48.6. The van der Waals surface area contributed by atoms with Crippen LogP contribution in [-0.4, -0.2) is 23.4 Å². The summed E-state index contributed by atoms with van der Waals surface area (Å²) in [5.74, 6) is 0.208. The second kappa shape index (κ2) is 4.84. The third kappa shape index (κ3) is 1.96. The molecular formula is C19H27NO3. The van der Waals surface area contributed by atoms with Gasteiger partial charge in [0.25, 0.3) is 0 Å². The van der Waals surface area contributed by atoms with Crippen LogP contribution in [0.5, 0.6) is 0 Å². The fraction of sp³-hybridized carbons (Fsp3) is 0.789. The number of ketones is 1. The lowest BCUT2D eigenvalue weighted by atomic mass is 9.48. The molecule has 126 valence electrons. The number of aliphatic carboxylic acids is 1. The molecule has 0 aromatic carbocycles. The molecule has 4 aliphatic rings. The summed E-state index contributed by atoms with van der Waals surface area (Å²) in [5.41, 5.74) is 0.931. The molecule has 0 aromatic heterocycles. The van der Waals surface area contributed by atoms with E-state index >= 15 is 0 Å². The Morgan fingerprint density at radius 2 is 2.04 bits per heavy atom. The second-order valence-electron chi connectivity index (χ2n) is 8.74. The first-order chi connectivity index (χ1) is 10.9. The van der Waals surface area contributed by atoms with Crippen LogP contribution in [-0.2, 0) is 9.59 Å². The van der Waals surface area contributed by atoms with Crippen molar-refractivity contribution < 1.29 is 14.7 Å². The van der Waals surface area contributed by atoms with Crippen LogP contribution in [0.4, 0.5) is 0 Å². The smallest absolute Gasteiger partial charge is 0.307 e. The van der Waals surface area contributed by atoms with Crippen molar-refractivity contribution in [2.75, 3.05) is 6.54 Å². The number of carbonyl (C=O) groups excluding carboxylic acids is 1. The van der Waals surface area contributed by atoms with E-state index in [1.165, 1.54) is 25.7 Å². The summed E-state index contributed by atoms with van der Waals surface area (Å²) < 4.78 is 0. The Hall–Kier alpha value is -1.32. The summed E-state index contributed by atoms with van der Waals surface area (Å²) in [7, 11) is 0. The second-order valence-corrected chi connectivity index (χ2v) is 8.74. The van der Waals surface area contributed by atoms with Gasteiger partial charge in [-0.15, -0.1) is 0 Å². The number of hydrogen-bond donors (Lipinski definition) is 2. The Bertz CT molecular complexity index is 597. The maximum Gasteiger partial charge on any atom is 0.307 e. The Morgan fingerprint density at radius 3 is 2.78 bits per heavy atom.